The first-order chi connectivity index (χ1) is 10.4. The van der Waals surface area contributed by atoms with Crippen LogP contribution in [0.2, 0.25) is 0 Å². The predicted molar refractivity (Wildman–Crippen MR) is 83.4 cm³/mol. The average Bonchev–Trinajstić information content (AvgIpc) is 2.52. The number of rotatable bonds is 5. The van der Waals surface area contributed by atoms with E-state index < -0.39 is 22.0 Å². The molecule has 0 aliphatic carbocycles. The van der Waals surface area contributed by atoms with Crippen molar-refractivity contribution in [2.75, 3.05) is 30.8 Å². The zero-order valence-corrected chi connectivity index (χ0v) is 13.8. The van der Waals surface area contributed by atoms with Gasteiger partial charge in [-0.3, -0.25) is 9.10 Å². The van der Waals surface area contributed by atoms with Gasteiger partial charge in [0, 0.05) is 13.7 Å². The molecule has 0 saturated carbocycles. The normalized spacial score (nSPS) is 19.4. The number of carbonyl (C=O) groups excluding carboxylic acids is 1. The largest absolute Gasteiger partial charge is 0.469 e. The summed E-state index contributed by atoms with van der Waals surface area (Å²) in [6.07, 6.45) is 0.0140. The van der Waals surface area contributed by atoms with E-state index in [0.29, 0.717) is 17.7 Å². The number of nitrogens with zero attached hydrogens (tertiary/aromatic N) is 1. The molecular weight excluding hydrogens is 306 g/mol. The quantitative estimate of drug-likeness (QED) is 0.767. The molecule has 1 aliphatic rings. The Kier molecular flexibility index (Phi) is 5.08. The Morgan fingerprint density at radius 3 is 2.68 bits per heavy atom. The number of methoxy groups -OCH3 is 2. The van der Waals surface area contributed by atoms with Gasteiger partial charge in [-0.15, -0.1) is 0 Å². The number of esters is 1. The molecular formula is C15H21NO5S. The first-order valence-corrected chi connectivity index (χ1v) is 8.71. The minimum Gasteiger partial charge on any atom is -0.469 e. The maximum absolute atomic E-state index is 12.6. The van der Waals surface area contributed by atoms with Crippen LogP contribution in [0.4, 0.5) is 5.69 Å². The molecule has 0 fully saturated rings. The molecule has 1 aliphatic heterocycles. The van der Waals surface area contributed by atoms with Crippen molar-refractivity contribution >= 4 is 21.7 Å². The van der Waals surface area contributed by atoms with E-state index in [9.17, 15) is 13.2 Å². The highest BCUT2D eigenvalue weighted by Crippen LogP contribution is 2.37. The van der Waals surface area contributed by atoms with E-state index in [4.69, 9.17) is 9.47 Å². The fourth-order valence-electron chi connectivity index (χ4n) is 2.66. The van der Waals surface area contributed by atoms with E-state index in [1.807, 2.05) is 0 Å². The summed E-state index contributed by atoms with van der Waals surface area (Å²) in [6.45, 7) is 1.97. The molecule has 0 radical (unpaired) electrons. The Morgan fingerprint density at radius 2 is 2.05 bits per heavy atom. The Balaban J connectivity index is 2.38. The molecule has 0 unspecified atom stereocenters. The van der Waals surface area contributed by atoms with Crippen LogP contribution in [0, 0.1) is 0 Å². The molecule has 1 heterocycles. The molecule has 22 heavy (non-hydrogen) atoms. The van der Waals surface area contributed by atoms with Crippen molar-refractivity contribution in [1.29, 1.82) is 0 Å². The maximum atomic E-state index is 12.6. The van der Waals surface area contributed by atoms with Gasteiger partial charge in [0.2, 0.25) is 10.0 Å². The SMILES string of the molecule is COC(=O)[C@@H]1CCN(S(=O)(=O)C[C@H](C)OC)c2ccccc21. The Labute approximate surface area is 131 Å². The maximum Gasteiger partial charge on any atom is 0.313 e. The number of fused-ring (bicyclic) bond motifs is 1. The highest BCUT2D eigenvalue weighted by atomic mass is 32.2. The van der Waals surface area contributed by atoms with Crippen LogP contribution in [0.3, 0.4) is 0 Å². The van der Waals surface area contributed by atoms with Crippen LogP contribution < -0.4 is 4.31 Å². The van der Waals surface area contributed by atoms with Gasteiger partial charge in [-0.25, -0.2) is 8.42 Å². The van der Waals surface area contributed by atoms with E-state index in [2.05, 4.69) is 0 Å². The number of ether oxygens (including phenoxy) is 2. The predicted octanol–water partition coefficient (Wildman–Crippen LogP) is 1.52. The van der Waals surface area contributed by atoms with Gasteiger partial charge < -0.3 is 9.47 Å². The number of carbonyl (C=O) groups is 1. The lowest BCUT2D eigenvalue weighted by Crippen LogP contribution is -2.41. The van der Waals surface area contributed by atoms with Crippen LogP contribution in [0.5, 0.6) is 0 Å². The summed E-state index contributed by atoms with van der Waals surface area (Å²) in [5, 5.41) is 0. The standard InChI is InChI=1S/C15H21NO5S/c1-11(20-2)10-22(18,19)16-9-8-13(15(17)21-3)12-6-4-5-7-14(12)16/h4-7,11,13H,8-10H2,1-3H3/t11-,13+/m0/s1. The van der Waals surface area contributed by atoms with Gasteiger partial charge in [0.05, 0.1) is 30.6 Å². The lowest BCUT2D eigenvalue weighted by Gasteiger charge is -2.34. The number of para-hydroxylation sites is 1. The van der Waals surface area contributed by atoms with Gasteiger partial charge in [-0.2, -0.15) is 0 Å². The number of hydrogen-bond donors (Lipinski definition) is 0. The van der Waals surface area contributed by atoms with E-state index in [1.165, 1.54) is 18.5 Å². The average molecular weight is 327 g/mol. The van der Waals surface area contributed by atoms with Gasteiger partial charge in [0.15, 0.2) is 0 Å². The summed E-state index contributed by atoms with van der Waals surface area (Å²) >= 11 is 0. The third kappa shape index (κ3) is 3.25. The van der Waals surface area contributed by atoms with E-state index >= 15 is 0 Å². The minimum absolute atomic E-state index is 0.0965. The second kappa shape index (κ2) is 6.66. The first kappa shape index (κ1) is 16.8. The van der Waals surface area contributed by atoms with Crippen molar-refractivity contribution in [2.24, 2.45) is 0 Å². The molecule has 6 nitrogen and oxygen atoms in total. The van der Waals surface area contributed by atoms with Crippen LogP contribution in [0.25, 0.3) is 0 Å². The lowest BCUT2D eigenvalue weighted by molar-refractivity contribution is -0.142. The summed E-state index contributed by atoms with van der Waals surface area (Å²) in [6, 6.07) is 7.06. The zero-order valence-electron chi connectivity index (χ0n) is 13.0. The molecule has 0 bridgehead atoms. The topological polar surface area (TPSA) is 72.9 Å². The van der Waals surface area contributed by atoms with E-state index in [-0.39, 0.29) is 18.3 Å². The van der Waals surface area contributed by atoms with Crippen molar-refractivity contribution in [1.82, 2.24) is 0 Å². The molecule has 0 aromatic heterocycles. The summed E-state index contributed by atoms with van der Waals surface area (Å²) in [5.74, 6) is -0.858. The van der Waals surface area contributed by atoms with Crippen LogP contribution in [-0.2, 0) is 24.3 Å². The lowest BCUT2D eigenvalue weighted by atomic mass is 9.91. The highest BCUT2D eigenvalue weighted by molar-refractivity contribution is 7.92. The smallest absolute Gasteiger partial charge is 0.313 e. The van der Waals surface area contributed by atoms with Crippen molar-refractivity contribution in [3.63, 3.8) is 0 Å². The molecule has 0 N–H and O–H groups in total. The van der Waals surface area contributed by atoms with Crippen LogP contribution in [0.15, 0.2) is 24.3 Å². The third-order valence-electron chi connectivity index (χ3n) is 3.87. The molecule has 7 heteroatoms. The van der Waals surface area contributed by atoms with Gasteiger partial charge in [0.25, 0.3) is 0 Å². The van der Waals surface area contributed by atoms with Gasteiger partial charge >= 0.3 is 5.97 Å². The summed E-state index contributed by atoms with van der Waals surface area (Å²) in [7, 11) is -0.682. The van der Waals surface area contributed by atoms with Crippen molar-refractivity contribution in [3.05, 3.63) is 29.8 Å². The molecule has 0 saturated heterocycles. The number of hydrogen-bond acceptors (Lipinski definition) is 5. The van der Waals surface area contributed by atoms with Gasteiger partial charge in [0.1, 0.15) is 0 Å². The fraction of sp³-hybridized carbons (Fsp3) is 0.533. The van der Waals surface area contributed by atoms with Gasteiger partial charge in [-0.1, -0.05) is 18.2 Å². The van der Waals surface area contributed by atoms with E-state index in [0.717, 1.165) is 0 Å². The summed E-state index contributed by atoms with van der Waals surface area (Å²) < 4.78 is 36.4. The molecule has 2 rings (SSSR count). The molecule has 2 atom stereocenters. The van der Waals surface area contributed by atoms with Crippen LogP contribution in [0.1, 0.15) is 24.8 Å². The Morgan fingerprint density at radius 1 is 1.36 bits per heavy atom. The van der Waals surface area contributed by atoms with E-state index in [1.54, 1.807) is 31.2 Å². The van der Waals surface area contributed by atoms with Gasteiger partial charge in [-0.05, 0) is 25.0 Å². The number of benzene rings is 1. The van der Waals surface area contributed by atoms with Crippen molar-refractivity contribution in [2.45, 2.75) is 25.4 Å². The monoisotopic (exact) mass is 327 g/mol. The summed E-state index contributed by atoms with van der Waals surface area (Å²) in [4.78, 5) is 11.9. The zero-order chi connectivity index (χ0) is 16.3. The number of sulfonamides is 1. The Hall–Kier alpha value is -1.60. The van der Waals surface area contributed by atoms with Crippen molar-refractivity contribution in [3.8, 4) is 0 Å². The third-order valence-corrected chi connectivity index (χ3v) is 5.81. The molecule has 0 amide bonds. The van der Waals surface area contributed by atoms with Crippen LogP contribution in [-0.4, -0.2) is 47.0 Å². The minimum atomic E-state index is -3.51. The second-order valence-corrected chi connectivity index (χ2v) is 7.26. The molecule has 122 valence electrons. The van der Waals surface area contributed by atoms with Crippen molar-refractivity contribution < 1.29 is 22.7 Å². The fourth-order valence-corrected chi connectivity index (χ4v) is 4.42. The highest BCUT2D eigenvalue weighted by Gasteiger charge is 2.35. The molecule has 1 aromatic carbocycles. The summed E-state index contributed by atoms with van der Waals surface area (Å²) in [5.41, 5.74) is 1.24. The number of anilines is 1. The first-order valence-electron chi connectivity index (χ1n) is 7.10. The van der Waals surface area contributed by atoms with Crippen LogP contribution >= 0.6 is 0 Å². The second-order valence-electron chi connectivity index (χ2n) is 5.32. The molecule has 1 aromatic rings. The molecule has 0 spiro atoms. The Bertz CT molecular complexity index is 643.